The summed E-state index contributed by atoms with van der Waals surface area (Å²) in [6, 6.07) is 9.56. The minimum atomic E-state index is -0.648. The summed E-state index contributed by atoms with van der Waals surface area (Å²) >= 11 is 0. The first kappa shape index (κ1) is 25.0. The van der Waals surface area contributed by atoms with E-state index in [9.17, 15) is 15.0 Å². The number of benzene rings is 2. The van der Waals surface area contributed by atoms with Crippen molar-refractivity contribution in [3.63, 3.8) is 0 Å². The minimum Gasteiger partial charge on any atom is -0.508 e. The minimum absolute atomic E-state index is 0.0603. The molecule has 0 aliphatic carbocycles. The maximum Gasteiger partial charge on any atom is 0.287 e. The lowest BCUT2D eigenvalue weighted by molar-refractivity contribution is -0.114. The molecule has 34 heavy (non-hydrogen) atoms. The van der Waals surface area contributed by atoms with E-state index in [4.69, 9.17) is 15.6 Å². The quantitative estimate of drug-likeness (QED) is 0.284. The molecule has 0 aromatic heterocycles. The van der Waals surface area contributed by atoms with E-state index in [1.165, 1.54) is 12.1 Å². The van der Waals surface area contributed by atoms with Gasteiger partial charge in [-0.3, -0.25) is 20.5 Å². The van der Waals surface area contributed by atoms with Crippen molar-refractivity contribution in [1.82, 2.24) is 10.6 Å². The van der Waals surface area contributed by atoms with Gasteiger partial charge in [-0.15, -0.1) is 0 Å². The fourth-order valence-electron chi connectivity index (χ4n) is 3.86. The molecule has 2 aromatic rings. The van der Waals surface area contributed by atoms with Crippen LogP contribution in [0.1, 0.15) is 50.7 Å². The molecule has 0 spiro atoms. The number of hydrogen-bond acceptors (Lipinski definition) is 7. The third-order valence-corrected chi connectivity index (χ3v) is 5.71. The summed E-state index contributed by atoms with van der Waals surface area (Å²) < 4.78 is 6.04. The van der Waals surface area contributed by atoms with E-state index in [2.05, 4.69) is 10.6 Å². The summed E-state index contributed by atoms with van der Waals surface area (Å²) in [6.07, 6.45) is 1.95. The van der Waals surface area contributed by atoms with Gasteiger partial charge >= 0.3 is 0 Å². The summed E-state index contributed by atoms with van der Waals surface area (Å²) in [6.45, 7) is 7.66. The zero-order valence-electron chi connectivity index (χ0n) is 19.8. The summed E-state index contributed by atoms with van der Waals surface area (Å²) in [4.78, 5) is 13.7. The molecule has 6 N–H and O–H groups in total. The van der Waals surface area contributed by atoms with Crippen LogP contribution in [-0.4, -0.2) is 53.5 Å². The van der Waals surface area contributed by atoms with Crippen molar-refractivity contribution in [3.05, 3.63) is 47.5 Å². The number of carbonyl (C=O) groups is 1. The number of carbonyl (C=O) groups excluding carboxylic acids is 1. The van der Waals surface area contributed by atoms with E-state index >= 15 is 0 Å². The SMILES string of the molecule is CCNC(=O)C(=N)N(C(=N)c1cc(C(C)C)c(O)cc1O)c1ccc(OC2CCNCC2)cc1. The van der Waals surface area contributed by atoms with Crippen molar-refractivity contribution < 1.29 is 19.7 Å². The normalized spacial score (nSPS) is 14.0. The zero-order valence-corrected chi connectivity index (χ0v) is 19.8. The Morgan fingerprint density at radius 1 is 1.15 bits per heavy atom. The zero-order chi connectivity index (χ0) is 24.8. The summed E-state index contributed by atoms with van der Waals surface area (Å²) in [5.41, 5.74) is 1.05. The van der Waals surface area contributed by atoms with Gasteiger partial charge in [-0.2, -0.15) is 0 Å². The largest absolute Gasteiger partial charge is 0.508 e. The second-order valence-electron chi connectivity index (χ2n) is 8.54. The van der Waals surface area contributed by atoms with Crippen molar-refractivity contribution in [2.45, 2.75) is 45.6 Å². The number of piperidine rings is 1. The Bertz CT molecular complexity index is 1050. The Labute approximate surface area is 199 Å². The number of nitrogens with zero attached hydrogens (tertiary/aromatic N) is 1. The van der Waals surface area contributed by atoms with Crippen LogP contribution in [0, 0.1) is 10.8 Å². The molecule has 1 fully saturated rings. The number of nitrogens with one attached hydrogen (secondary N) is 4. The van der Waals surface area contributed by atoms with Gasteiger partial charge in [0.25, 0.3) is 5.91 Å². The Morgan fingerprint density at radius 3 is 2.38 bits per heavy atom. The Morgan fingerprint density at radius 2 is 1.79 bits per heavy atom. The molecule has 9 heteroatoms. The van der Waals surface area contributed by atoms with Crippen LogP contribution < -0.4 is 20.3 Å². The van der Waals surface area contributed by atoms with Crippen molar-refractivity contribution in [1.29, 1.82) is 10.8 Å². The predicted octanol–water partition coefficient (Wildman–Crippen LogP) is 3.30. The average Bonchev–Trinajstić information content (AvgIpc) is 2.80. The molecule has 0 bridgehead atoms. The lowest BCUT2D eigenvalue weighted by Gasteiger charge is -2.27. The highest BCUT2D eigenvalue weighted by Gasteiger charge is 2.27. The number of hydrogen-bond donors (Lipinski definition) is 6. The van der Waals surface area contributed by atoms with Crippen molar-refractivity contribution in [3.8, 4) is 17.2 Å². The predicted molar refractivity (Wildman–Crippen MR) is 133 cm³/mol. The molecule has 0 radical (unpaired) electrons. The molecular weight excluding hydrogens is 434 g/mol. The summed E-state index contributed by atoms with van der Waals surface area (Å²) in [5, 5.41) is 43.9. The maximum absolute atomic E-state index is 12.5. The Kier molecular flexibility index (Phi) is 8.12. The second-order valence-corrected chi connectivity index (χ2v) is 8.54. The van der Waals surface area contributed by atoms with Crippen LogP contribution in [0.2, 0.25) is 0 Å². The molecule has 2 aromatic carbocycles. The van der Waals surface area contributed by atoms with Gasteiger partial charge in [0.05, 0.1) is 5.56 Å². The Balaban J connectivity index is 1.96. The first-order valence-electron chi connectivity index (χ1n) is 11.5. The highest BCUT2D eigenvalue weighted by Crippen LogP contribution is 2.34. The topological polar surface area (TPSA) is 142 Å². The van der Waals surface area contributed by atoms with Gasteiger partial charge < -0.3 is 25.6 Å². The van der Waals surface area contributed by atoms with Crippen LogP contribution in [0.5, 0.6) is 17.2 Å². The van der Waals surface area contributed by atoms with Crippen molar-refractivity contribution in [2.75, 3.05) is 24.5 Å². The highest BCUT2D eigenvalue weighted by atomic mass is 16.5. The molecular formula is C25H33N5O4. The van der Waals surface area contributed by atoms with E-state index in [0.717, 1.165) is 30.8 Å². The van der Waals surface area contributed by atoms with Gasteiger partial charge in [0, 0.05) is 18.3 Å². The maximum atomic E-state index is 12.5. The van der Waals surface area contributed by atoms with Crippen LogP contribution in [0.4, 0.5) is 5.69 Å². The fraction of sp³-hybridized carbons (Fsp3) is 0.400. The summed E-state index contributed by atoms with van der Waals surface area (Å²) in [7, 11) is 0. The summed E-state index contributed by atoms with van der Waals surface area (Å²) in [5.74, 6) is -1.15. The first-order valence-corrected chi connectivity index (χ1v) is 11.5. The number of amides is 1. The molecule has 1 aliphatic rings. The molecule has 1 amide bonds. The van der Waals surface area contributed by atoms with Crippen LogP contribution in [0.15, 0.2) is 36.4 Å². The van der Waals surface area contributed by atoms with E-state index in [-0.39, 0.29) is 34.9 Å². The smallest absolute Gasteiger partial charge is 0.287 e. The molecule has 0 saturated carbocycles. The number of phenolic OH excluding ortho intramolecular Hbond substituents is 2. The average molecular weight is 468 g/mol. The van der Waals surface area contributed by atoms with Gasteiger partial charge in [0.15, 0.2) is 5.84 Å². The first-order chi connectivity index (χ1) is 16.2. The molecule has 0 unspecified atom stereocenters. The number of anilines is 1. The molecule has 9 nitrogen and oxygen atoms in total. The van der Waals surface area contributed by atoms with Gasteiger partial charge in [-0.25, -0.2) is 0 Å². The van der Waals surface area contributed by atoms with E-state index in [0.29, 0.717) is 23.5 Å². The molecule has 182 valence electrons. The van der Waals surface area contributed by atoms with Gasteiger partial charge in [0.1, 0.15) is 29.2 Å². The second kappa shape index (κ2) is 11.0. The number of likely N-dealkylation sites (N-methyl/N-ethyl adjacent to an activating group) is 1. The standard InChI is InChI=1S/C25H33N5O4/c1-4-29-25(33)24(27)30(23(26)20-13-19(15(2)3)21(31)14-22(20)32)16-5-7-17(8-6-16)34-18-9-11-28-12-10-18/h5-8,13-15,18,26-28,31-32H,4,9-12H2,1-3H3,(H,29,33). The van der Waals surface area contributed by atoms with Crippen LogP contribution >= 0.6 is 0 Å². The van der Waals surface area contributed by atoms with Crippen LogP contribution in [0.3, 0.4) is 0 Å². The van der Waals surface area contributed by atoms with Gasteiger partial charge in [0.2, 0.25) is 0 Å². The number of aromatic hydroxyl groups is 2. The fourth-order valence-corrected chi connectivity index (χ4v) is 3.86. The van der Waals surface area contributed by atoms with Gasteiger partial charge in [-0.05, 0) is 74.7 Å². The number of ether oxygens (including phenoxy) is 1. The Hall–Kier alpha value is -3.59. The lowest BCUT2D eigenvalue weighted by atomic mass is 9.98. The van der Waals surface area contributed by atoms with E-state index in [1.807, 2.05) is 13.8 Å². The highest BCUT2D eigenvalue weighted by molar-refractivity contribution is 6.48. The number of rotatable bonds is 6. The molecule has 1 heterocycles. The van der Waals surface area contributed by atoms with Gasteiger partial charge in [-0.1, -0.05) is 13.8 Å². The van der Waals surface area contributed by atoms with E-state index in [1.54, 1.807) is 31.2 Å². The third kappa shape index (κ3) is 5.66. The third-order valence-electron chi connectivity index (χ3n) is 5.71. The molecule has 0 atom stereocenters. The van der Waals surface area contributed by atoms with Crippen LogP contribution in [-0.2, 0) is 4.79 Å². The van der Waals surface area contributed by atoms with E-state index < -0.39 is 11.7 Å². The molecule has 3 rings (SSSR count). The number of phenols is 2. The molecule has 1 aliphatic heterocycles. The van der Waals surface area contributed by atoms with Crippen molar-refractivity contribution in [2.24, 2.45) is 0 Å². The van der Waals surface area contributed by atoms with Crippen molar-refractivity contribution >= 4 is 23.3 Å². The number of amidine groups is 2. The molecule has 1 saturated heterocycles. The lowest BCUT2D eigenvalue weighted by Crippen LogP contribution is -2.46. The monoisotopic (exact) mass is 467 g/mol. The van der Waals surface area contributed by atoms with Crippen LogP contribution in [0.25, 0.3) is 0 Å².